The minimum atomic E-state index is -0.931. The first-order valence-corrected chi connectivity index (χ1v) is 10.7. The number of anilines is 2. The first kappa shape index (κ1) is 20.2. The fraction of sp³-hybridized carbons (Fsp3) is 0.571. The highest BCUT2D eigenvalue weighted by molar-refractivity contribution is 6.31. The van der Waals surface area contributed by atoms with Crippen LogP contribution in [0.3, 0.4) is 0 Å². The summed E-state index contributed by atoms with van der Waals surface area (Å²) < 4.78 is 5.35. The molecule has 1 aromatic carbocycles. The van der Waals surface area contributed by atoms with Crippen LogP contribution in [0, 0.1) is 0 Å². The van der Waals surface area contributed by atoms with Crippen LogP contribution in [-0.2, 0) is 5.60 Å². The summed E-state index contributed by atoms with van der Waals surface area (Å²) in [5, 5.41) is 11.8. The van der Waals surface area contributed by atoms with Crippen LogP contribution in [0.1, 0.15) is 44.1 Å². The van der Waals surface area contributed by atoms with Gasteiger partial charge in [0.05, 0.1) is 12.7 Å². The average Bonchev–Trinajstić information content (AvgIpc) is 3.04. The summed E-state index contributed by atoms with van der Waals surface area (Å²) in [5.74, 6) is 1.29. The summed E-state index contributed by atoms with van der Waals surface area (Å²) in [7, 11) is 1.58. The zero-order valence-electron chi connectivity index (χ0n) is 16.8. The van der Waals surface area contributed by atoms with E-state index in [-0.39, 0.29) is 0 Å². The number of aromatic nitrogens is 3. The number of hydrogen-bond donors (Lipinski definition) is 1. The lowest BCUT2D eigenvalue weighted by Crippen LogP contribution is -2.43. The van der Waals surface area contributed by atoms with Gasteiger partial charge in [0.1, 0.15) is 0 Å². The molecule has 0 amide bonds. The molecule has 4 rings (SSSR count). The van der Waals surface area contributed by atoms with Gasteiger partial charge in [-0.3, -0.25) is 0 Å². The van der Waals surface area contributed by atoms with Gasteiger partial charge in [0.15, 0.2) is 0 Å². The minimum Gasteiger partial charge on any atom is -0.467 e. The van der Waals surface area contributed by atoms with E-state index in [9.17, 15) is 5.11 Å². The number of hydrogen-bond acceptors (Lipinski definition) is 7. The molecule has 0 radical (unpaired) electrons. The average molecular weight is 418 g/mol. The van der Waals surface area contributed by atoms with Gasteiger partial charge in [0, 0.05) is 36.8 Å². The molecule has 7 nitrogen and oxygen atoms in total. The molecule has 29 heavy (non-hydrogen) atoms. The molecule has 2 fully saturated rings. The molecule has 8 heteroatoms. The van der Waals surface area contributed by atoms with Crippen LogP contribution in [0.15, 0.2) is 24.3 Å². The Hall–Kier alpha value is -2.12. The number of benzene rings is 1. The minimum absolute atomic E-state index is 0.334. The predicted octanol–water partition coefficient (Wildman–Crippen LogP) is 3.40. The van der Waals surface area contributed by atoms with E-state index in [0.717, 1.165) is 31.5 Å². The zero-order chi connectivity index (χ0) is 20.3. The molecule has 0 bridgehead atoms. The van der Waals surface area contributed by atoms with Crippen molar-refractivity contribution in [2.75, 3.05) is 43.1 Å². The molecule has 2 aromatic rings. The maximum Gasteiger partial charge on any atom is 0.322 e. The monoisotopic (exact) mass is 417 g/mol. The van der Waals surface area contributed by atoms with Gasteiger partial charge in [-0.05, 0) is 31.7 Å². The summed E-state index contributed by atoms with van der Waals surface area (Å²) in [4.78, 5) is 18.0. The maximum atomic E-state index is 11.2. The predicted molar refractivity (Wildman–Crippen MR) is 114 cm³/mol. The Balaban J connectivity index is 1.53. The van der Waals surface area contributed by atoms with Crippen LogP contribution >= 0.6 is 11.6 Å². The van der Waals surface area contributed by atoms with Crippen LogP contribution in [0.4, 0.5) is 11.9 Å². The molecule has 2 aliphatic heterocycles. The first-order chi connectivity index (χ1) is 14.1. The van der Waals surface area contributed by atoms with Crippen LogP contribution in [0.5, 0.6) is 6.01 Å². The summed E-state index contributed by atoms with van der Waals surface area (Å²) >= 11 is 6.33. The van der Waals surface area contributed by atoms with E-state index in [0.29, 0.717) is 48.9 Å². The fourth-order valence-corrected chi connectivity index (χ4v) is 4.48. The van der Waals surface area contributed by atoms with E-state index < -0.39 is 5.60 Å². The highest BCUT2D eigenvalue weighted by Crippen LogP contribution is 2.37. The van der Waals surface area contributed by atoms with E-state index in [4.69, 9.17) is 21.3 Å². The highest BCUT2D eigenvalue weighted by Gasteiger charge is 2.36. The van der Waals surface area contributed by atoms with Gasteiger partial charge in [0.25, 0.3) is 0 Å². The second kappa shape index (κ2) is 8.71. The summed E-state index contributed by atoms with van der Waals surface area (Å²) in [6.45, 7) is 3.18. The standard InChI is InChI=1S/C21H28ClN5O2/c1-29-20-24-18(26-12-6-2-3-7-13-26)23-19(25-20)27-14-10-21(28,11-15-27)16-8-4-5-9-17(16)22/h4-5,8-9,28H,2-3,6-7,10-15H2,1H3. The lowest BCUT2D eigenvalue weighted by molar-refractivity contribution is 0.0116. The van der Waals surface area contributed by atoms with E-state index in [1.54, 1.807) is 7.11 Å². The van der Waals surface area contributed by atoms with Crippen LogP contribution in [0.25, 0.3) is 0 Å². The molecule has 0 spiro atoms. The van der Waals surface area contributed by atoms with Crippen molar-refractivity contribution in [2.45, 2.75) is 44.1 Å². The van der Waals surface area contributed by atoms with Crippen molar-refractivity contribution < 1.29 is 9.84 Å². The summed E-state index contributed by atoms with van der Waals surface area (Å²) in [5.41, 5.74) is -0.139. The largest absolute Gasteiger partial charge is 0.467 e. The Morgan fingerprint density at radius 2 is 1.48 bits per heavy atom. The van der Waals surface area contributed by atoms with Crippen molar-refractivity contribution >= 4 is 23.5 Å². The molecule has 0 unspecified atom stereocenters. The number of nitrogens with zero attached hydrogens (tertiary/aromatic N) is 5. The molecule has 0 atom stereocenters. The molecular formula is C21H28ClN5O2. The Kier molecular flexibility index (Phi) is 6.06. The van der Waals surface area contributed by atoms with E-state index in [1.807, 2.05) is 24.3 Å². The molecule has 0 aliphatic carbocycles. The first-order valence-electron chi connectivity index (χ1n) is 10.4. The van der Waals surface area contributed by atoms with Gasteiger partial charge in [0.2, 0.25) is 11.9 Å². The number of rotatable bonds is 4. The molecule has 0 saturated carbocycles. The molecule has 2 saturated heterocycles. The SMILES string of the molecule is COc1nc(N2CCCCCC2)nc(N2CCC(O)(c3ccccc3Cl)CC2)n1. The molecular weight excluding hydrogens is 390 g/mol. The maximum absolute atomic E-state index is 11.2. The molecule has 3 heterocycles. The summed E-state index contributed by atoms with van der Waals surface area (Å²) in [6, 6.07) is 7.86. The van der Waals surface area contributed by atoms with Crippen molar-refractivity contribution in [3.8, 4) is 6.01 Å². The van der Waals surface area contributed by atoms with Crippen LogP contribution in [0.2, 0.25) is 5.02 Å². The number of ether oxygens (including phenoxy) is 1. The van der Waals surface area contributed by atoms with Gasteiger partial charge < -0.3 is 19.6 Å². The van der Waals surface area contributed by atoms with E-state index in [2.05, 4.69) is 19.8 Å². The zero-order valence-corrected chi connectivity index (χ0v) is 17.6. The van der Waals surface area contributed by atoms with Gasteiger partial charge in [-0.1, -0.05) is 42.6 Å². The third kappa shape index (κ3) is 4.41. The van der Waals surface area contributed by atoms with Gasteiger partial charge in [-0.15, -0.1) is 0 Å². The van der Waals surface area contributed by atoms with Crippen molar-refractivity contribution in [1.29, 1.82) is 0 Å². The number of methoxy groups -OCH3 is 1. The second-order valence-corrected chi connectivity index (χ2v) is 8.23. The Morgan fingerprint density at radius 3 is 2.07 bits per heavy atom. The Labute approximate surface area is 176 Å². The Morgan fingerprint density at radius 1 is 0.897 bits per heavy atom. The summed E-state index contributed by atoms with van der Waals surface area (Å²) in [6.07, 6.45) is 5.92. The number of halogens is 1. The topological polar surface area (TPSA) is 74.6 Å². The fourth-order valence-electron chi connectivity index (χ4n) is 4.16. The quantitative estimate of drug-likeness (QED) is 0.816. The van der Waals surface area contributed by atoms with Crippen molar-refractivity contribution in [2.24, 2.45) is 0 Å². The smallest absolute Gasteiger partial charge is 0.322 e. The highest BCUT2D eigenvalue weighted by atomic mass is 35.5. The third-order valence-electron chi connectivity index (χ3n) is 5.91. The van der Waals surface area contributed by atoms with E-state index >= 15 is 0 Å². The number of aliphatic hydroxyl groups is 1. The third-order valence-corrected chi connectivity index (χ3v) is 6.24. The lowest BCUT2D eigenvalue weighted by Gasteiger charge is -2.39. The van der Waals surface area contributed by atoms with Gasteiger partial charge in [-0.25, -0.2) is 0 Å². The molecule has 1 N–H and O–H groups in total. The van der Waals surface area contributed by atoms with Crippen LogP contribution in [-0.4, -0.2) is 53.3 Å². The molecule has 156 valence electrons. The van der Waals surface area contributed by atoms with Gasteiger partial charge >= 0.3 is 6.01 Å². The molecule has 1 aromatic heterocycles. The number of piperidine rings is 1. The van der Waals surface area contributed by atoms with Crippen molar-refractivity contribution in [1.82, 2.24) is 15.0 Å². The Bertz CT molecular complexity index is 834. The normalized spacial score (nSPS) is 19.7. The van der Waals surface area contributed by atoms with Crippen LogP contribution < -0.4 is 14.5 Å². The second-order valence-electron chi connectivity index (χ2n) is 7.82. The van der Waals surface area contributed by atoms with Crippen molar-refractivity contribution in [3.05, 3.63) is 34.9 Å². The van der Waals surface area contributed by atoms with Crippen molar-refractivity contribution in [3.63, 3.8) is 0 Å². The van der Waals surface area contributed by atoms with E-state index in [1.165, 1.54) is 12.8 Å². The van der Waals surface area contributed by atoms with Gasteiger partial charge in [-0.2, -0.15) is 15.0 Å². The lowest BCUT2D eigenvalue weighted by atomic mass is 9.84. The molecule has 2 aliphatic rings.